The van der Waals surface area contributed by atoms with Crippen molar-refractivity contribution < 1.29 is 9.13 Å². The summed E-state index contributed by atoms with van der Waals surface area (Å²) in [4.78, 5) is 6.66. The Labute approximate surface area is 161 Å². The second-order valence-electron chi connectivity index (χ2n) is 5.95. The zero-order valence-electron chi connectivity index (χ0n) is 14.4. The number of benzene rings is 1. The van der Waals surface area contributed by atoms with Crippen LogP contribution in [0.2, 0.25) is 0 Å². The van der Waals surface area contributed by atoms with E-state index in [1.165, 1.54) is 12.1 Å². The van der Waals surface area contributed by atoms with Crippen LogP contribution in [0.15, 0.2) is 29.3 Å². The topological polar surface area (TPSA) is 48.9 Å². The second-order valence-corrected chi connectivity index (χ2v) is 5.95. The predicted molar refractivity (Wildman–Crippen MR) is 106 cm³/mol. The summed E-state index contributed by atoms with van der Waals surface area (Å²) in [6.45, 7) is 8.48. The minimum absolute atomic E-state index is 0. The number of nitrogens with zero attached hydrogens (tertiary/aromatic N) is 2. The van der Waals surface area contributed by atoms with Gasteiger partial charge in [0.25, 0.3) is 0 Å². The first-order chi connectivity index (χ1) is 11.2. The van der Waals surface area contributed by atoms with Crippen molar-refractivity contribution in [1.29, 1.82) is 0 Å². The lowest BCUT2D eigenvalue weighted by atomic mass is 10.1. The molecule has 7 heteroatoms. The summed E-state index contributed by atoms with van der Waals surface area (Å²) in [6, 6.07) is 6.49. The number of halogens is 2. The van der Waals surface area contributed by atoms with E-state index in [1.54, 1.807) is 19.2 Å². The van der Waals surface area contributed by atoms with Gasteiger partial charge in [-0.25, -0.2) is 4.39 Å². The molecule has 0 amide bonds. The zero-order valence-corrected chi connectivity index (χ0v) is 16.8. The molecule has 1 aliphatic rings. The molecule has 1 aliphatic heterocycles. The first-order valence-electron chi connectivity index (χ1n) is 8.16. The van der Waals surface area contributed by atoms with Gasteiger partial charge in [0.05, 0.1) is 13.2 Å². The van der Waals surface area contributed by atoms with Crippen molar-refractivity contribution in [1.82, 2.24) is 15.5 Å². The summed E-state index contributed by atoms with van der Waals surface area (Å²) < 4.78 is 18.3. The van der Waals surface area contributed by atoms with Gasteiger partial charge in [-0.05, 0) is 23.6 Å². The minimum atomic E-state index is -0.215. The average molecular weight is 450 g/mol. The van der Waals surface area contributed by atoms with Gasteiger partial charge in [0.1, 0.15) is 5.82 Å². The molecule has 136 valence electrons. The Kier molecular flexibility index (Phi) is 10.2. The Balaban J connectivity index is 0.00000288. The van der Waals surface area contributed by atoms with Gasteiger partial charge in [0, 0.05) is 39.8 Å². The molecule has 0 aliphatic carbocycles. The number of hydrogen-bond donors (Lipinski definition) is 2. The van der Waals surface area contributed by atoms with Gasteiger partial charge in [-0.15, -0.1) is 24.0 Å². The largest absolute Gasteiger partial charge is 0.379 e. The summed E-state index contributed by atoms with van der Waals surface area (Å²) >= 11 is 0. The van der Waals surface area contributed by atoms with Gasteiger partial charge in [-0.1, -0.05) is 19.1 Å². The lowest BCUT2D eigenvalue weighted by molar-refractivity contribution is 0.0320. The molecule has 0 radical (unpaired) electrons. The van der Waals surface area contributed by atoms with E-state index >= 15 is 0 Å². The first-order valence-corrected chi connectivity index (χ1v) is 8.16. The van der Waals surface area contributed by atoms with E-state index in [9.17, 15) is 4.39 Å². The summed E-state index contributed by atoms with van der Waals surface area (Å²) in [5, 5.41) is 6.59. The number of rotatable bonds is 6. The van der Waals surface area contributed by atoms with Gasteiger partial charge in [0.15, 0.2) is 5.96 Å². The fourth-order valence-corrected chi connectivity index (χ4v) is 2.57. The number of guanidine groups is 1. The van der Waals surface area contributed by atoms with Gasteiger partial charge in [0.2, 0.25) is 0 Å². The predicted octanol–water partition coefficient (Wildman–Crippen LogP) is 2.08. The molecular weight excluding hydrogens is 422 g/mol. The molecule has 0 aromatic heterocycles. The molecule has 2 N–H and O–H groups in total. The molecular formula is C17H28FIN4O. The highest BCUT2D eigenvalue weighted by molar-refractivity contribution is 14.0. The van der Waals surface area contributed by atoms with Crippen molar-refractivity contribution in [2.45, 2.75) is 13.5 Å². The molecule has 1 saturated heterocycles. The maximum absolute atomic E-state index is 12.9. The van der Waals surface area contributed by atoms with E-state index in [0.717, 1.165) is 50.9 Å². The maximum Gasteiger partial charge on any atom is 0.191 e. The van der Waals surface area contributed by atoms with Gasteiger partial charge in [-0.2, -0.15) is 0 Å². The Morgan fingerprint density at radius 3 is 2.54 bits per heavy atom. The number of aliphatic imine (C=N–C) groups is 1. The molecule has 1 atom stereocenters. The van der Waals surface area contributed by atoms with Crippen molar-refractivity contribution in [3.63, 3.8) is 0 Å². The standard InChI is InChI=1S/C17H27FN4O.HI/c1-14(13-22-7-9-23-10-8-22)11-20-17(19-2)21-12-15-3-5-16(18)6-4-15;/h3-6,14H,7-13H2,1-2H3,(H2,19,20,21);1H. The van der Waals surface area contributed by atoms with Crippen LogP contribution in [0, 0.1) is 11.7 Å². The highest BCUT2D eigenvalue weighted by Gasteiger charge is 2.13. The van der Waals surface area contributed by atoms with Gasteiger partial charge in [-0.3, -0.25) is 9.89 Å². The molecule has 5 nitrogen and oxygen atoms in total. The monoisotopic (exact) mass is 450 g/mol. The Hall–Kier alpha value is -0.930. The molecule has 1 unspecified atom stereocenters. The van der Waals surface area contributed by atoms with Crippen molar-refractivity contribution in [2.75, 3.05) is 46.4 Å². The number of ether oxygens (including phenoxy) is 1. The third kappa shape index (κ3) is 7.76. The Morgan fingerprint density at radius 1 is 1.25 bits per heavy atom. The van der Waals surface area contributed by atoms with Crippen LogP contribution >= 0.6 is 24.0 Å². The lowest BCUT2D eigenvalue weighted by Crippen LogP contribution is -2.43. The lowest BCUT2D eigenvalue weighted by Gasteiger charge is -2.29. The Morgan fingerprint density at radius 2 is 1.92 bits per heavy atom. The van der Waals surface area contributed by atoms with Crippen LogP contribution < -0.4 is 10.6 Å². The molecule has 24 heavy (non-hydrogen) atoms. The van der Waals surface area contributed by atoms with Crippen LogP contribution in [-0.2, 0) is 11.3 Å². The third-order valence-corrected chi connectivity index (χ3v) is 3.89. The van der Waals surface area contributed by atoms with Crippen LogP contribution in [0.1, 0.15) is 12.5 Å². The fraction of sp³-hybridized carbons (Fsp3) is 0.588. The normalized spacial score (nSPS) is 17.0. The quantitative estimate of drug-likeness (QED) is 0.396. The molecule has 2 rings (SSSR count). The van der Waals surface area contributed by atoms with Crippen molar-refractivity contribution in [3.8, 4) is 0 Å². The van der Waals surface area contributed by atoms with Crippen molar-refractivity contribution in [2.24, 2.45) is 10.9 Å². The minimum Gasteiger partial charge on any atom is -0.379 e. The van der Waals surface area contributed by atoms with E-state index in [2.05, 4.69) is 27.4 Å². The summed E-state index contributed by atoms with van der Waals surface area (Å²) in [6.07, 6.45) is 0. The first kappa shape index (κ1) is 21.1. The molecule has 0 saturated carbocycles. The number of morpholine rings is 1. The highest BCUT2D eigenvalue weighted by atomic mass is 127. The number of hydrogen-bond acceptors (Lipinski definition) is 3. The fourth-order valence-electron chi connectivity index (χ4n) is 2.57. The molecule has 1 fully saturated rings. The van der Waals surface area contributed by atoms with Crippen LogP contribution in [0.4, 0.5) is 4.39 Å². The summed E-state index contributed by atoms with van der Waals surface area (Å²) in [5.74, 6) is 1.08. The van der Waals surface area contributed by atoms with Crippen LogP contribution in [0.5, 0.6) is 0 Å². The maximum atomic E-state index is 12.9. The van der Waals surface area contributed by atoms with Crippen molar-refractivity contribution >= 4 is 29.9 Å². The van der Waals surface area contributed by atoms with E-state index in [1.807, 2.05) is 0 Å². The number of nitrogens with one attached hydrogen (secondary N) is 2. The summed E-state index contributed by atoms with van der Waals surface area (Å²) in [7, 11) is 1.76. The van der Waals surface area contributed by atoms with Crippen LogP contribution in [0.25, 0.3) is 0 Å². The molecule has 1 aromatic carbocycles. The zero-order chi connectivity index (χ0) is 16.5. The molecule has 0 bridgehead atoms. The highest BCUT2D eigenvalue weighted by Crippen LogP contribution is 2.03. The smallest absolute Gasteiger partial charge is 0.191 e. The van der Waals surface area contributed by atoms with E-state index < -0.39 is 0 Å². The van der Waals surface area contributed by atoms with Crippen molar-refractivity contribution in [3.05, 3.63) is 35.6 Å². The van der Waals surface area contributed by atoms with E-state index in [-0.39, 0.29) is 29.8 Å². The van der Waals surface area contributed by atoms with Gasteiger partial charge < -0.3 is 15.4 Å². The third-order valence-electron chi connectivity index (χ3n) is 3.89. The van der Waals surface area contributed by atoms with Crippen LogP contribution in [-0.4, -0.2) is 57.3 Å². The Bertz CT molecular complexity index is 492. The summed E-state index contributed by atoms with van der Waals surface area (Å²) in [5.41, 5.74) is 1.02. The van der Waals surface area contributed by atoms with E-state index in [0.29, 0.717) is 12.5 Å². The SMILES string of the molecule is CN=C(NCc1ccc(F)cc1)NCC(C)CN1CCOCC1.I. The van der Waals surface area contributed by atoms with E-state index in [4.69, 9.17) is 4.74 Å². The second kappa shape index (κ2) is 11.6. The molecule has 0 spiro atoms. The molecule has 1 heterocycles. The molecule has 1 aromatic rings. The van der Waals surface area contributed by atoms with Gasteiger partial charge >= 0.3 is 0 Å². The van der Waals surface area contributed by atoms with Crippen LogP contribution in [0.3, 0.4) is 0 Å². The average Bonchev–Trinajstić information content (AvgIpc) is 2.57.